The van der Waals surface area contributed by atoms with E-state index in [1.165, 1.54) is 12.8 Å². The summed E-state index contributed by atoms with van der Waals surface area (Å²) in [5.41, 5.74) is 0. The zero-order chi connectivity index (χ0) is 13.7. The number of hydrogen-bond donors (Lipinski definition) is 1. The van der Waals surface area contributed by atoms with Crippen molar-refractivity contribution in [2.75, 3.05) is 32.8 Å². The van der Waals surface area contributed by atoms with Crippen LogP contribution in [-0.4, -0.2) is 59.6 Å². The highest BCUT2D eigenvalue weighted by Gasteiger charge is 2.26. The van der Waals surface area contributed by atoms with Crippen LogP contribution in [-0.2, 0) is 4.79 Å². The summed E-state index contributed by atoms with van der Waals surface area (Å²) in [6, 6.07) is 0.190. The minimum atomic E-state index is 0.185. The van der Waals surface area contributed by atoms with Gasteiger partial charge in [-0.1, -0.05) is 19.8 Å². The molecule has 2 aliphatic heterocycles. The first-order valence-corrected chi connectivity index (χ1v) is 7.83. The quantitative estimate of drug-likeness (QED) is 0.843. The van der Waals surface area contributed by atoms with Crippen molar-refractivity contribution in [1.82, 2.24) is 9.80 Å². The summed E-state index contributed by atoms with van der Waals surface area (Å²) in [4.78, 5) is 16.6. The van der Waals surface area contributed by atoms with Crippen LogP contribution in [0.2, 0.25) is 0 Å². The van der Waals surface area contributed by atoms with Crippen molar-refractivity contribution in [3.05, 3.63) is 0 Å². The molecule has 0 aromatic heterocycles. The number of amides is 1. The molecule has 2 heterocycles. The maximum absolute atomic E-state index is 12.3. The Labute approximate surface area is 116 Å². The summed E-state index contributed by atoms with van der Waals surface area (Å²) in [5, 5.41) is 9.48. The Balaban J connectivity index is 1.85. The molecule has 0 saturated carbocycles. The molecule has 1 atom stereocenters. The van der Waals surface area contributed by atoms with E-state index in [9.17, 15) is 9.90 Å². The zero-order valence-corrected chi connectivity index (χ0v) is 12.2. The van der Waals surface area contributed by atoms with Crippen LogP contribution < -0.4 is 0 Å². The summed E-state index contributed by atoms with van der Waals surface area (Å²) in [6.07, 6.45) is 6.85. The molecule has 0 radical (unpaired) electrons. The molecule has 4 heteroatoms. The van der Waals surface area contributed by atoms with Crippen molar-refractivity contribution in [3.8, 4) is 0 Å². The van der Waals surface area contributed by atoms with E-state index in [0.717, 1.165) is 51.2 Å². The number of nitrogens with zero attached hydrogens (tertiary/aromatic N) is 2. The van der Waals surface area contributed by atoms with Crippen molar-refractivity contribution >= 4 is 5.91 Å². The summed E-state index contributed by atoms with van der Waals surface area (Å²) in [6.45, 7) is 5.73. The third-order valence-corrected chi connectivity index (χ3v) is 4.68. The number of carbonyl (C=O) groups excluding carboxylic acids is 1. The molecule has 1 N–H and O–H groups in total. The fourth-order valence-electron chi connectivity index (χ4n) is 3.18. The Morgan fingerprint density at radius 2 is 1.84 bits per heavy atom. The van der Waals surface area contributed by atoms with E-state index >= 15 is 0 Å². The summed E-state index contributed by atoms with van der Waals surface area (Å²) >= 11 is 0. The number of piperidine rings is 1. The zero-order valence-electron chi connectivity index (χ0n) is 12.2. The van der Waals surface area contributed by atoms with Gasteiger partial charge in [0, 0.05) is 19.1 Å². The first-order valence-electron chi connectivity index (χ1n) is 7.83. The molecule has 2 rings (SSSR count). The van der Waals surface area contributed by atoms with Crippen LogP contribution in [0, 0.1) is 5.92 Å². The van der Waals surface area contributed by atoms with E-state index < -0.39 is 0 Å². The largest absolute Gasteiger partial charge is 0.395 e. The predicted molar refractivity (Wildman–Crippen MR) is 75.9 cm³/mol. The Morgan fingerprint density at radius 1 is 1.11 bits per heavy atom. The summed E-state index contributed by atoms with van der Waals surface area (Å²) < 4.78 is 0. The first-order chi connectivity index (χ1) is 9.20. The molecule has 0 bridgehead atoms. The van der Waals surface area contributed by atoms with Gasteiger partial charge in [-0.2, -0.15) is 0 Å². The second-order valence-electron chi connectivity index (χ2n) is 6.22. The molecule has 0 aliphatic carbocycles. The SMILES string of the molecule is CC1CCN(C(=O)CN2CCCCCC2CO)CC1. The average Bonchev–Trinajstić information content (AvgIpc) is 2.64. The van der Waals surface area contributed by atoms with Crippen LogP contribution in [0.25, 0.3) is 0 Å². The van der Waals surface area contributed by atoms with Gasteiger partial charge in [0.15, 0.2) is 0 Å². The molecule has 1 amide bonds. The van der Waals surface area contributed by atoms with E-state index in [0.29, 0.717) is 6.54 Å². The molecular formula is C15H28N2O2. The summed E-state index contributed by atoms with van der Waals surface area (Å²) in [5.74, 6) is 1.01. The molecular weight excluding hydrogens is 240 g/mol. The van der Waals surface area contributed by atoms with Crippen molar-refractivity contribution in [2.24, 2.45) is 5.92 Å². The fraction of sp³-hybridized carbons (Fsp3) is 0.933. The molecule has 1 unspecified atom stereocenters. The molecule has 2 aliphatic rings. The van der Waals surface area contributed by atoms with E-state index in [2.05, 4.69) is 11.8 Å². The lowest BCUT2D eigenvalue weighted by Gasteiger charge is -2.34. The maximum atomic E-state index is 12.3. The minimum absolute atomic E-state index is 0.185. The Kier molecular flexibility index (Phi) is 5.64. The van der Waals surface area contributed by atoms with Crippen molar-refractivity contribution in [1.29, 1.82) is 0 Å². The smallest absolute Gasteiger partial charge is 0.236 e. The van der Waals surface area contributed by atoms with Crippen LogP contribution in [0.4, 0.5) is 0 Å². The molecule has 4 nitrogen and oxygen atoms in total. The van der Waals surface area contributed by atoms with Gasteiger partial charge in [-0.25, -0.2) is 0 Å². The molecule has 0 spiro atoms. The molecule has 0 aromatic carbocycles. The molecule has 2 fully saturated rings. The van der Waals surface area contributed by atoms with E-state index in [1.807, 2.05) is 4.90 Å². The Hall–Kier alpha value is -0.610. The normalized spacial score (nSPS) is 27.3. The second kappa shape index (κ2) is 7.25. The van der Waals surface area contributed by atoms with Gasteiger partial charge in [-0.05, 0) is 38.1 Å². The van der Waals surface area contributed by atoms with Gasteiger partial charge in [0.05, 0.1) is 13.2 Å². The third-order valence-electron chi connectivity index (χ3n) is 4.68. The highest BCUT2D eigenvalue weighted by molar-refractivity contribution is 5.78. The monoisotopic (exact) mass is 268 g/mol. The van der Waals surface area contributed by atoms with E-state index in [1.54, 1.807) is 0 Å². The van der Waals surface area contributed by atoms with E-state index in [4.69, 9.17) is 0 Å². The predicted octanol–water partition coefficient (Wildman–Crippen LogP) is 1.48. The number of aliphatic hydroxyl groups is 1. The molecule has 0 aromatic rings. The number of rotatable bonds is 3. The van der Waals surface area contributed by atoms with Gasteiger partial charge in [0.25, 0.3) is 0 Å². The lowest BCUT2D eigenvalue weighted by Crippen LogP contribution is -2.47. The number of carbonyl (C=O) groups is 1. The van der Waals surface area contributed by atoms with Crippen molar-refractivity contribution < 1.29 is 9.90 Å². The fourth-order valence-corrected chi connectivity index (χ4v) is 3.18. The minimum Gasteiger partial charge on any atom is -0.395 e. The lowest BCUT2D eigenvalue weighted by atomic mass is 9.99. The standard InChI is InChI=1S/C15H28N2O2/c1-13-6-9-16(10-7-13)15(19)11-17-8-4-2-3-5-14(17)12-18/h13-14,18H,2-12H2,1H3. The van der Waals surface area contributed by atoms with Gasteiger partial charge < -0.3 is 10.0 Å². The second-order valence-corrected chi connectivity index (χ2v) is 6.22. The van der Waals surface area contributed by atoms with Gasteiger partial charge >= 0.3 is 0 Å². The number of aliphatic hydroxyl groups excluding tert-OH is 1. The van der Waals surface area contributed by atoms with Gasteiger partial charge in [0.1, 0.15) is 0 Å². The van der Waals surface area contributed by atoms with Crippen LogP contribution in [0.5, 0.6) is 0 Å². The Bertz CT molecular complexity index is 288. The van der Waals surface area contributed by atoms with Gasteiger partial charge in [-0.3, -0.25) is 9.69 Å². The first kappa shape index (κ1) is 14.8. The summed E-state index contributed by atoms with van der Waals surface area (Å²) in [7, 11) is 0. The van der Waals surface area contributed by atoms with Gasteiger partial charge in [-0.15, -0.1) is 0 Å². The maximum Gasteiger partial charge on any atom is 0.236 e. The number of hydrogen-bond acceptors (Lipinski definition) is 3. The number of likely N-dealkylation sites (tertiary alicyclic amines) is 2. The molecule has 110 valence electrons. The third kappa shape index (κ3) is 4.18. The lowest BCUT2D eigenvalue weighted by molar-refractivity contribution is -0.134. The molecule has 2 saturated heterocycles. The highest BCUT2D eigenvalue weighted by Crippen LogP contribution is 2.19. The highest BCUT2D eigenvalue weighted by atomic mass is 16.3. The topological polar surface area (TPSA) is 43.8 Å². The van der Waals surface area contributed by atoms with Gasteiger partial charge in [0.2, 0.25) is 5.91 Å². The average molecular weight is 268 g/mol. The van der Waals surface area contributed by atoms with Crippen molar-refractivity contribution in [2.45, 2.75) is 51.5 Å². The molecule has 19 heavy (non-hydrogen) atoms. The van der Waals surface area contributed by atoms with Crippen LogP contribution in [0.15, 0.2) is 0 Å². The Morgan fingerprint density at radius 3 is 2.53 bits per heavy atom. The van der Waals surface area contributed by atoms with Crippen molar-refractivity contribution in [3.63, 3.8) is 0 Å². The van der Waals surface area contributed by atoms with Crippen LogP contribution in [0.1, 0.15) is 45.4 Å². The van der Waals surface area contributed by atoms with E-state index in [-0.39, 0.29) is 18.6 Å². The van der Waals surface area contributed by atoms with Crippen LogP contribution in [0.3, 0.4) is 0 Å². The van der Waals surface area contributed by atoms with Crippen LogP contribution >= 0.6 is 0 Å².